The molecule has 23 heavy (non-hydrogen) atoms. The molecular weight excluding hydrogens is 288 g/mol. The summed E-state index contributed by atoms with van der Waals surface area (Å²) in [5, 5.41) is 14.5. The van der Waals surface area contributed by atoms with E-state index in [9.17, 15) is 5.11 Å². The van der Waals surface area contributed by atoms with Crippen LogP contribution in [0.25, 0.3) is 17.0 Å². The van der Waals surface area contributed by atoms with Gasteiger partial charge in [0.15, 0.2) is 5.82 Å². The first kappa shape index (κ1) is 13.5. The lowest BCUT2D eigenvalue weighted by atomic mass is 10.1. The van der Waals surface area contributed by atoms with Gasteiger partial charge in [-0.1, -0.05) is 60.7 Å². The van der Waals surface area contributed by atoms with Gasteiger partial charge in [-0.15, -0.1) is 5.10 Å². The molecule has 0 atom stereocenters. The van der Waals surface area contributed by atoms with Crippen molar-refractivity contribution < 1.29 is 5.11 Å². The SMILES string of the molecule is Oc1cc(-c2ccccc2)nc2nc(Cc3ccccc3)nn12. The molecule has 0 amide bonds. The molecule has 2 aromatic heterocycles. The fourth-order valence-electron chi connectivity index (χ4n) is 2.50. The Kier molecular flexibility index (Phi) is 3.24. The van der Waals surface area contributed by atoms with E-state index in [0.717, 1.165) is 11.1 Å². The van der Waals surface area contributed by atoms with Crippen LogP contribution in [0.3, 0.4) is 0 Å². The summed E-state index contributed by atoms with van der Waals surface area (Å²) in [6.45, 7) is 0. The van der Waals surface area contributed by atoms with Crippen LogP contribution < -0.4 is 0 Å². The molecule has 5 heteroatoms. The first-order chi connectivity index (χ1) is 11.3. The van der Waals surface area contributed by atoms with Gasteiger partial charge in [-0.05, 0) is 5.56 Å². The molecule has 0 fully saturated rings. The zero-order valence-corrected chi connectivity index (χ0v) is 12.3. The van der Waals surface area contributed by atoms with Crippen LogP contribution in [0.5, 0.6) is 5.88 Å². The summed E-state index contributed by atoms with van der Waals surface area (Å²) in [7, 11) is 0. The standard InChI is InChI=1S/C18H14N4O/c23-17-12-15(14-9-5-2-6-10-14)19-18-20-16(21-22(17)18)11-13-7-3-1-4-8-13/h1-10,12,23H,11H2. The maximum Gasteiger partial charge on any atom is 0.256 e. The van der Waals surface area contributed by atoms with Crippen LogP contribution >= 0.6 is 0 Å². The Morgan fingerprint density at radius 2 is 1.57 bits per heavy atom. The largest absolute Gasteiger partial charge is 0.493 e. The monoisotopic (exact) mass is 302 g/mol. The molecule has 0 spiro atoms. The normalized spacial score (nSPS) is 11.0. The summed E-state index contributed by atoms with van der Waals surface area (Å²) in [6, 6.07) is 21.3. The number of hydrogen-bond donors (Lipinski definition) is 1. The van der Waals surface area contributed by atoms with Gasteiger partial charge in [-0.25, -0.2) is 4.98 Å². The summed E-state index contributed by atoms with van der Waals surface area (Å²) in [5.74, 6) is 1.06. The second-order valence-corrected chi connectivity index (χ2v) is 5.27. The van der Waals surface area contributed by atoms with Crippen LogP contribution in [-0.2, 0) is 6.42 Å². The van der Waals surface area contributed by atoms with E-state index in [1.807, 2.05) is 60.7 Å². The van der Waals surface area contributed by atoms with E-state index in [-0.39, 0.29) is 5.88 Å². The predicted octanol–water partition coefficient (Wildman–Crippen LogP) is 3.09. The second kappa shape index (κ2) is 5.53. The maximum atomic E-state index is 10.2. The first-order valence-corrected chi connectivity index (χ1v) is 7.34. The van der Waals surface area contributed by atoms with Gasteiger partial charge in [-0.3, -0.25) is 0 Å². The van der Waals surface area contributed by atoms with Crippen LogP contribution in [-0.4, -0.2) is 24.7 Å². The van der Waals surface area contributed by atoms with Crippen LogP contribution in [0.1, 0.15) is 11.4 Å². The summed E-state index contributed by atoms with van der Waals surface area (Å²) in [5.41, 5.74) is 2.72. The topological polar surface area (TPSA) is 63.3 Å². The molecule has 5 nitrogen and oxygen atoms in total. The van der Waals surface area contributed by atoms with Crippen LogP contribution in [0, 0.1) is 0 Å². The van der Waals surface area contributed by atoms with Crippen molar-refractivity contribution in [2.75, 3.05) is 0 Å². The lowest BCUT2D eigenvalue weighted by Gasteiger charge is -2.02. The number of aromatic hydroxyl groups is 1. The summed E-state index contributed by atoms with van der Waals surface area (Å²) in [4.78, 5) is 8.93. The van der Waals surface area contributed by atoms with Gasteiger partial charge < -0.3 is 5.11 Å². The highest BCUT2D eigenvalue weighted by molar-refractivity contribution is 5.62. The molecule has 0 saturated heterocycles. The minimum absolute atomic E-state index is 0.0284. The van der Waals surface area contributed by atoms with Crippen molar-refractivity contribution in [3.8, 4) is 17.1 Å². The molecule has 1 N–H and O–H groups in total. The molecule has 0 aliphatic carbocycles. The lowest BCUT2D eigenvalue weighted by molar-refractivity contribution is 0.435. The van der Waals surface area contributed by atoms with Gasteiger partial charge in [0, 0.05) is 18.1 Å². The first-order valence-electron chi connectivity index (χ1n) is 7.34. The Morgan fingerprint density at radius 1 is 0.870 bits per heavy atom. The highest BCUT2D eigenvalue weighted by atomic mass is 16.3. The van der Waals surface area contributed by atoms with Crippen LogP contribution in [0.2, 0.25) is 0 Å². The third kappa shape index (κ3) is 2.64. The van der Waals surface area contributed by atoms with Gasteiger partial charge in [0.1, 0.15) is 0 Å². The van der Waals surface area contributed by atoms with Crippen molar-refractivity contribution in [1.82, 2.24) is 19.6 Å². The molecule has 0 saturated carbocycles. The highest BCUT2D eigenvalue weighted by Crippen LogP contribution is 2.22. The Morgan fingerprint density at radius 3 is 2.30 bits per heavy atom. The van der Waals surface area contributed by atoms with E-state index in [1.54, 1.807) is 6.07 Å². The third-order valence-corrected chi connectivity index (χ3v) is 3.61. The average Bonchev–Trinajstić information content (AvgIpc) is 2.99. The highest BCUT2D eigenvalue weighted by Gasteiger charge is 2.11. The number of fused-ring (bicyclic) bond motifs is 1. The molecule has 2 aromatic carbocycles. The van der Waals surface area contributed by atoms with Crippen LogP contribution in [0.4, 0.5) is 0 Å². The Balaban J connectivity index is 1.75. The minimum atomic E-state index is 0.0284. The smallest absolute Gasteiger partial charge is 0.256 e. The van der Waals surface area contributed by atoms with E-state index in [2.05, 4.69) is 15.1 Å². The van der Waals surface area contributed by atoms with E-state index < -0.39 is 0 Å². The van der Waals surface area contributed by atoms with E-state index >= 15 is 0 Å². The van der Waals surface area contributed by atoms with E-state index in [1.165, 1.54) is 4.52 Å². The summed E-state index contributed by atoms with van der Waals surface area (Å²) < 4.78 is 1.37. The summed E-state index contributed by atoms with van der Waals surface area (Å²) in [6.07, 6.45) is 0.601. The zero-order valence-electron chi connectivity index (χ0n) is 12.3. The maximum absolute atomic E-state index is 10.2. The fraction of sp³-hybridized carbons (Fsp3) is 0.0556. The van der Waals surface area contributed by atoms with Crippen molar-refractivity contribution in [2.45, 2.75) is 6.42 Å². The molecular formula is C18H14N4O. The van der Waals surface area contributed by atoms with Gasteiger partial charge in [0.2, 0.25) is 5.88 Å². The molecule has 0 unspecified atom stereocenters. The van der Waals surface area contributed by atoms with Gasteiger partial charge in [0.05, 0.1) is 5.69 Å². The number of benzene rings is 2. The number of aromatic nitrogens is 4. The number of rotatable bonds is 3. The molecule has 112 valence electrons. The van der Waals surface area contributed by atoms with Crippen molar-refractivity contribution in [3.05, 3.63) is 78.1 Å². The van der Waals surface area contributed by atoms with E-state index in [4.69, 9.17) is 0 Å². The predicted molar refractivity (Wildman–Crippen MR) is 87.1 cm³/mol. The summed E-state index contributed by atoms with van der Waals surface area (Å²) >= 11 is 0. The van der Waals surface area contributed by atoms with Crippen molar-refractivity contribution in [1.29, 1.82) is 0 Å². The Hall–Kier alpha value is -3.21. The average molecular weight is 302 g/mol. The van der Waals surface area contributed by atoms with Crippen molar-refractivity contribution in [3.63, 3.8) is 0 Å². The third-order valence-electron chi connectivity index (χ3n) is 3.61. The van der Waals surface area contributed by atoms with Crippen molar-refractivity contribution >= 4 is 5.78 Å². The molecule has 4 rings (SSSR count). The van der Waals surface area contributed by atoms with Gasteiger partial charge in [-0.2, -0.15) is 9.50 Å². The number of nitrogens with zero attached hydrogens (tertiary/aromatic N) is 4. The molecule has 2 heterocycles. The van der Waals surface area contributed by atoms with Crippen LogP contribution in [0.15, 0.2) is 66.7 Å². The fourth-order valence-corrected chi connectivity index (χ4v) is 2.50. The molecule has 0 aliphatic rings. The molecule has 0 radical (unpaired) electrons. The van der Waals surface area contributed by atoms with E-state index in [0.29, 0.717) is 23.7 Å². The molecule has 0 bridgehead atoms. The van der Waals surface area contributed by atoms with Gasteiger partial charge >= 0.3 is 0 Å². The lowest BCUT2D eigenvalue weighted by Crippen LogP contribution is -1.94. The number of hydrogen-bond acceptors (Lipinski definition) is 4. The molecule has 0 aliphatic heterocycles. The zero-order chi connectivity index (χ0) is 15.6. The minimum Gasteiger partial charge on any atom is -0.493 e. The van der Waals surface area contributed by atoms with Crippen molar-refractivity contribution in [2.24, 2.45) is 0 Å². The second-order valence-electron chi connectivity index (χ2n) is 5.27. The Labute approximate surface area is 132 Å². The molecule has 4 aromatic rings. The van der Waals surface area contributed by atoms with Gasteiger partial charge in [0.25, 0.3) is 5.78 Å². The quantitative estimate of drug-likeness (QED) is 0.631. The Bertz CT molecular complexity index is 949.